The molecule has 1 N–H and O–H groups in total. The van der Waals surface area contributed by atoms with Crippen LogP contribution < -0.4 is 14.9 Å². The van der Waals surface area contributed by atoms with Gasteiger partial charge in [-0.2, -0.15) is 0 Å². The fraction of sp³-hybridized carbons (Fsp3) is 0.333. The van der Waals surface area contributed by atoms with Crippen molar-refractivity contribution in [2.45, 2.75) is 46.8 Å². The van der Waals surface area contributed by atoms with Crippen molar-refractivity contribution in [2.24, 2.45) is 0 Å². The fourth-order valence-corrected chi connectivity index (χ4v) is 4.00. The highest BCUT2D eigenvalue weighted by atomic mass is 32.1. The number of nitrogens with one attached hydrogen (secondary N) is 1. The summed E-state index contributed by atoms with van der Waals surface area (Å²) in [6.07, 6.45) is -0.639. The Morgan fingerprint density at radius 1 is 1.15 bits per heavy atom. The SMILES string of the molecule is Cc1cccc(O[C@H](C)C(=O)Nc2ccc3c(c2)sc(=O)n3C(C)C)c1C. The van der Waals surface area contributed by atoms with Gasteiger partial charge in [-0.25, -0.2) is 0 Å². The first-order valence-electron chi connectivity index (χ1n) is 8.96. The second kappa shape index (κ2) is 7.56. The maximum Gasteiger partial charge on any atom is 0.308 e. The van der Waals surface area contributed by atoms with Crippen molar-refractivity contribution in [3.8, 4) is 5.75 Å². The van der Waals surface area contributed by atoms with Gasteiger partial charge in [-0.15, -0.1) is 0 Å². The lowest BCUT2D eigenvalue weighted by Gasteiger charge is -2.17. The Hall–Kier alpha value is -2.60. The predicted octanol–water partition coefficient (Wildman–Crippen LogP) is 4.67. The number of carbonyl (C=O) groups excluding carboxylic acids is 1. The Balaban J connectivity index is 1.77. The van der Waals surface area contributed by atoms with E-state index in [4.69, 9.17) is 4.74 Å². The summed E-state index contributed by atoms with van der Waals surface area (Å²) in [5.74, 6) is 0.478. The Labute approximate surface area is 162 Å². The van der Waals surface area contributed by atoms with Crippen LogP contribution in [0.2, 0.25) is 0 Å². The van der Waals surface area contributed by atoms with Gasteiger partial charge in [0.25, 0.3) is 5.91 Å². The average molecular weight is 385 g/mol. The number of aromatic nitrogens is 1. The molecule has 0 saturated carbocycles. The minimum atomic E-state index is -0.639. The third-order valence-corrected chi connectivity index (χ3v) is 5.54. The molecular formula is C21H24N2O3S. The van der Waals surface area contributed by atoms with Crippen LogP contribution in [0.25, 0.3) is 10.2 Å². The number of nitrogens with zero attached hydrogens (tertiary/aromatic N) is 1. The number of aryl methyl sites for hydroxylation is 1. The molecule has 0 radical (unpaired) electrons. The number of benzene rings is 2. The number of carbonyl (C=O) groups is 1. The molecule has 1 heterocycles. The van der Waals surface area contributed by atoms with Crippen molar-refractivity contribution in [3.05, 3.63) is 57.2 Å². The molecule has 0 saturated heterocycles. The second-order valence-electron chi connectivity index (χ2n) is 6.96. The van der Waals surface area contributed by atoms with Crippen molar-refractivity contribution in [2.75, 3.05) is 5.32 Å². The Morgan fingerprint density at radius 3 is 2.59 bits per heavy atom. The number of thiazole rings is 1. The summed E-state index contributed by atoms with van der Waals surface area (Å²) >= 11 is 1.19. The molecule has 1 atom stereocenters. The second-order valence-corrected chi connectivity index (χ2v) is 7.95. The molecule has 6 heteroatoms. The normalized spacial score (nSPS) is 12.4. The largest absolute Gasteiger partial charge is 0.481 e. The maximum absolute atomic E-state index is 12.5. The van der Waals surface area contributed by atoms with Gasteiger partial charge >= 0.3 is 4.87 Å². The van der Waals surface area contributed by atoms with Crippen LogP contribution in [0.3, 0.4) is 0 Å². The fourth-order valence-electron chi connectivity index (χ4n) is 2.94. The third kappa shape index (κ3) is 3.90. The summed E-state index contributed by atoms with van der Waals surface area (Å²) < 4.78 is 8.46. The topological polar surface area (TPSA) is 60.3 Å². The van der Waals surface area contributed by atoms with Crippen LogP contribution in [-0.4, -0.2) is 16.6 Å². The van der Waals surface area contributed by atoms with E-state index >= 15 is 0 Å². The number of anilines is 1. The summed E-state index contributed by atoms with van der Waals surface area (Å²) in [5.41, 5.74) is 3.69. The lowest BCUT2D eigenvalue weighted by Crippen LogP contribution is -2.30. The molecule has 3 rings (SSSR count). The van der Waals surface area contributed by atoms with Crippen LogP contribution in [-0.2, 0) is 4.79 Å². The molecule has 0 aliphatic carbocycles. The van der Waals surface area contributed by atoms with Crippen molar-refractivity contribution in [3.63, 3.8) is 0 Å². The lowest BCUT2D eigenvalue weighted by atomic mass is 10.1. The van der Waals surface area contributed by atoms with Crippen molar-refractivity contribution < 1.29 is 9.53 Å². The van der Waals surface area contributed by atoms with Crippen LogP contribution in [0, 0.1) is 13.8 Å². The van der Waals surface area contributed by atoms with Gasteiger partial charge in [-0.05, 0) is 70.0 Å². The number of hydrogen-bond donors (Lipinski definition) is 1. The average Bonchev–Trinajstić information content (AvgIpc) is 2.94. The molecule has 0 spiro atoms. The molecule has 0 bridgehead atoms. The molecule has 0 fully saturated rings. The Morgan fingerprint density at radius 2 is 1.89 bits per heavy atom. The van der Waals surface area contributed by atoms with Crippen LogP contribution >= 0.6 is 11.3 Å². The first-order chi connectivity index (χ1) is 12.8. The van der Waals surface area contributed by atoms with E-state index in [1.807, 2.05) is 64.1 Å². The predicted molar refractivity (Wildman–Crippen MR) is 111 cm³/mol. The molecule has 0 unspecified atom stereocenters. The molecular weight excluding hydrogens is 360 g/mol. The van der Waals surface area contributed by atoms with Crippen molar-refractivity contribution in [1.82, 2.24) is 4.57 Å². The minimum Gasteiger partial charge on any atom is -0.481 e. The number of hydrogen-bond acceptors (Lipinski definition) is 4. The lowest BCUT2D eigenvalue weighted by molar-refractivity contribution is -0.122. The highest BCUT2D eigenvalue weighted by molar-refractivity contribution is 7.16. The van der Waals surface area contributed by atoms with Gasteiger partial charge in [0.05, 0.1) is 10.2 Å². The van der Waals surface area contributed by atoms with Gasteiger partial charge in [0.2, 0.25) is 0 Å². The van der Waals surface area contributed by atoms with E-state index in [1.54, 1.807) is 11.5 Å². The standard InChI is InChI=1S/C21H24N2O3S/c1-12(2)23-17-10-9-16(11-19(17)27-21(23)25)22-20(24)15(5)26-18-8-6-7-13(3)14(18)4/h6-12,15H,1-5H3,(H,22,24)/t15-/m1/s1. The van der Waals surface area contributed by atoms with Gasteiger partial charge in [0.15, 0.2) is 6.10 Å². The highest BCUT2D eigenvalue weighted by Crippen LogP contribution is 2.25. The molecule has 27 heavy (non-hydrogen) atoms. The number of ether oxygens (including phenoxy) is 1. The van der Waals surface area contributed by atoms with Gasteiger partial charge in [0.1, 0.15) is 5.75 Å². The van der Waals surface area contributed by atoms with Gasteiger partial charge in [-0.1, -0.05) is 23.5 Å². The summed E-state index contributed by atoms with van der Waals surface area (Å²) in [4.78, 5) is 24.7. The molecule has 5 nitrogen and oxygen atoms in total. The van der Waals surface area contributed by atoms with Crippen LogP contribution in [0.15, 0.2) is 41.2 Å². The Bertz CT molecular complexity index is 1050. The number of amides is 1. The molecule has 1 amide bonds. The number of fused-ring (bicyclic) bond motifs is 1. The summed E-state index contributed by atoms with van der Waals surface area (Å²) in [7, 11) is 0. The maximum atomic E-state index is 12.5. The monoisotopic (exact) mass is 384 g/mol. The zero-order valence-corrected chi connectivity index (χ0v) is 17.0. The molecule has 2 aromatic carbocycles. The van der Waals surface area contributed by atoms with Crippen LogP contribution in [0.1, 0.15) is 37.9 Å². The third-order valence-electron chi connectivity index (χ3n) is 4.63. The van der Waals surface area contributed by atoms with E-state index in [0.29, 0.717) is 11.4 Å². The number of rotatable bonds is 5. The minimum absolute atomic E-state index is 0.00935. The van der Waals surface area contributed by atoms with E-state index in [0.717, 1.165) is 21.3 Å². The summed E-state index contributed by atoms with van der Waals surface area (Å²) in [6.45, 7) is 9.68. The Kier molecular flexibility index (Phi) is 5.37. The summed E-state index contributed by atoms with van der Waals surface area (Å²) in [6, 6.07) is 11.4. The van der Waals surface area contributed by atoms with E-state index in [-0.39, 0.29) is 16.8 Å². The summed E-state index contributed by atoms with van der Waals surface area (Å²) in [5, 5.41) is 2.88. The van der Waals surface area contributed by atoms with Gasteiger partial charge < -0.3 is 10.1 Å². The first-order valence-corrected chi connectivity index (χ1v) is 9.78. The van der Waals surface area contributed by atoms with Gasteiger partial charge in [0, 0.05) is 11.7 Å². The van der Waals surface area contributed by atoms with E-state index < -0.39 is 6.10 Å². The first kappa shape index (κ1) is 19.2. The zero-order chi connectivity index (χ0) is 19.7. The highest BCUT2D eigenvalue weighted by Gasteiger charge is 2.17. The van der Waals surface area contributed by atoms with Gasteiger partial charge in [-0.3, -0.25) is 14.2 Å². The van der Waals surface area contributed by atoms with Crippen LogP contribution in [0.5, 0.6) is 5.75 Å². The smallest absolute Gasteiger partial charge is 0.308 e. The van der Waals surface area contributed by atoms with E-state index in [2.05, 4.69) is 5.32 Å². The van der Waals surface area contributed by atoms with Crippen molar-refractivity contribution >= 4 is 33.1 Å². The quantitative estimate of drug-likeness (QED) is 0.695. The van der Waals surface area contributed by atoms with E-state index in [1.165, 1.54) is 11.3 Å². The van der Waals surface area contributed by atoms with Crippen molar-refractivity contribution in [1.29, 1.82) is 0 Å². The molecule has 1 aromatic heterocycles. The molecule has 142 valence electrons. The molecule has 0 aliphatic rings. The molecule has 3 aromatic rings. The molecule has 0 aliphatic heterocycles. The van der Waals surface area contributed by atoms with E-state index in [9.17, 15) is 9.59 Å². The zero-order valence-electron chi connectivity index (χ0n) is 16.2. The van der Waals surface area contributed by atoms with Crippen LogP contribution in [0.4, 0.5) is 5.69 Å².